The smallest absolute Gasteiger partial charge is 0.410 e. The Balaban J connectivity index is 1.56. The van der Waals surface area contributed by atoms with Gasteiger partial charge in [0.25, 0.3) is 0 Å². The van der Waals surface area contributed by atoms with Crippen molar-refractivity contribution < 1.29 is 14.3 Å². The molecule has 1 aromatic carbocycles. The normalized spacial score (nSPS) is 16.5. The Hall–Kier alpha value is -2.87. The van der Waals surface area contributed by atoms with Gasteiger partial charge in [0.2, 0.25) is 0 Å². The van der Waals surface area contributed by atoms with Gasteiger partial charge in [-0.1, -0.05) is 30.3 Å². The molecule has 0 saturated carbocycles. The van der Waals surface area contributed by atoms with E-state index in [0.717, 1.165) is 23.6 Å². The molecule has 0 bridgehead atoms. The van der Waals surface area contributed by atoms with Crippen molar-refractivity contribution >= 4 is 29.3 Å². The van der Waals surface area contributed by atoms with E-state index >= 15 is 0 Å². The summed E-state index contributed by atoms with van der Waals surface area (Å²) in [4.78, 5) is 32.0. The lowest BCUT2D eigenvalue weighted by atomic mass is 10.0. The average Bonchev–Trinajstić information content (AvgIpc) is 3.39. The lowest BCUT2D eigenvalue weighted by Gasteiger charge is -2.24. The van der Waals surface area contributed by atoms with E-state index in [-0.39, 0.29) is 11.9 Å². The summed E-state index contributed by atoms with van der Waals surface area (Å²) in [5.41, 5.74) is 2.08. The molecule has 4 rings (SSSR count). The molecule has 3 aromatic rings. The Morgan fingerprint density at radius 1 is 1.22 bits per heavy atom. The SMILES string of the molecule is CSc1cc(C[C@H]2CCN(C(=O)OC(C)(C)C)C2)nc2c(C(=O)c3ccccc3)cnn12. The monoisotopic (exact) mass is 452 g/mol. The van der Waals surface area contributed by atoms with Crippen LogP contribution < -0.4 is 0 Å². The zero-order valence-electron chi connectivity index (χ0n) is 18.9. The van der Waals surface area contributed by atoms with Crippen LogP contribution in [0.2, 0.25) is 0 Å². The molecule has 168 valence electrons. The van der Waals surface area contributed by atoms with Crippen molar-refractivity contribution in [2.75, 3.05) is 19.3 Å². The number of hydrogen-bond acceptors (Lipinski definition) is 6. The molecule has 1 amide bonds. The molecule has 1 saturated heterocycles. The largest absolute Gasteiger partial charge is 0.444 e. The van der Waals surface area contributed by atoms with Crippen LogP contribution in [0.4, 0.5) is 4.79 Å². The quantitative estimate of drug-likeness (QED) is 0.323. The van der Waals surface area contributed by atoms with E-state index in [1.54, 1.807) is 39.5 Å². The second-order valence-corrected chi connectivity index (χ2v) is 9.89. The predicted octanol–water partition coefficient (Wildman–Crippen LogP) is 4.48. The lowest BCUT2D eigenvalue weighted by molar-refractivity contribution is 0.0288. The van der Waals surface area contributed by atoms with Gasteiger partial charge < -0.3 is 9.64 Å². The molecule has 1 fully saturated rings. The maximum absolute atomic E-state index is 13.1. The number of ketones is 1. The van der Waals surface area contributed by atoms with Crippen molar-refractivity contribution in [2.24, 2.45) is 5.92 Å². The average molecular weight is 453 g/mol. The van der Waals surface area contributed by atoms with E-state index in [9.17, 15) is 9.59 Å². The van der Waals surface area contributed by atoms with E-state index in [1.165, 1.54) is 0 Å². The minimum absolute atomic E-state index is 0.0886. The molecule has 1 aliphatic rings. The van der Waals surface area contributed by atoms with Gasteiger partial charge in [-0.05, 0) is 51.9 Å². The Morgan fingerprint density at radius 2 is 1.97 bits per heavy atom. The Bertz CT molecular complexity index is 1140. The maximum Gasteiger partial charge on any atom is 0.410 e. The zero-order chi connectivity index (χ0) is 22.9. The Labute approximate surface area is 192 Å². The van der Waals surface area contributed by atoms with Gasteiger partial charge >= 0.3 is 6.09 Å². The molecule has 0 spiro atoms. The van der Waals surface area contributed by atoms with Crippen molar-refractivity contribution in [3.05, 3.63) is 59.4 Å². The first-order valence-corrected chi connectivity index (χ1v) is 12.0. The molecule has 0 unspecified atom stereocenters. The Morgan fingerprint density at radius 3 is 2.66 bits per heavy atom. The number of fused-ring (bicyclic) bond motifs is 1. The third-order valence-electron chi connectivity index (χ3n) is 5.42. The van der Waals surface area contributed by atoms with Crippen LogP contribution in [-0.2, 0) is 11.2 Å². The van der Waals surface area contributed by atoms with Crippen LogP contribution in [0.15, 0.2) is 47.6 Å². The fraction of sp³-hybridized carbons (Fsp3) is 0.417. The molecule has 1 aliphatic heterocycles. The minimum Gasteiger partial charge on any atom is -0.444 e. The van der Waals surface area contributed by atoms with Crippen molar-refractivity contribution in [2.45, 2.75) is 44.2 Å². The van der Waals surface area contributed by atoms with Crippen molar-refractivity contribution in [3.8, 4) is 0 Å². The van der Waals surface area contributed by atoms with Gasteiger partial charge in [-0.2, -0.15) is 5.10 Å². The van der Waals surface area contributed by atoms with Crippen molar-refractivity contribution in [3.63, 3.8) is 0 Å². The van der Waals surface area contributed by atoms with Gasteiger partial charge in [0, 0.05) is 24.3 Å². The molecule has 8 heteroatoms. The molecule has 0 N–H and O–H groups in total. The molecule has 32 heavy (non-hydrogen) atoms. The number of ether oxygens (including phenoxy) is 1. The van der Waals surface area contributed by atoms with Gasteiger partial charge in [0.1, 0.15) is 10.6 Å². The number of rotatable bonds is 5. The molecule has 1 atom stereocenters. The fourth-order valence-corrected chi connectivity index (χ4v) is 4.49. The van der Waals surface area contributed by atoms with Gasteiger partial charge in [0.05, 0.1) is 11.8 Å². The lowest BCUT2D eigenvalue weighted by Crippen LogP contribution is -2.35. The molecule has 3 heterocycles. The van der Waals surface area contributed by atoms with Gasteiger partial charge in [-0.3, -0.25) is 4.79 Å². The summed E-state index contributed by atoms with van der Waals surface area (Å²) in [6.45, 7) is 6.96. The highest BCUT2D eigenvalue weighted by Crippen LogP contribution is 2.26. The number of likely N-dealkylation sites (tertiary alicyclic amines) is 1. The van der Waals surface area contributed by atoms with Crippen LogP contribution in [0, 0.1) is 5.92 Å². The summed E-state index contributed by atoms with van der Waals surface area (Å²) in [5, 5.41) is 5.35. The highest BCUT2D eigenvalue weighted by Gasteiger charge is 2.30. The molecular weight excluding hydrogens is 424 g/mol. The molecule has 7 nitrogen and oxygen atoms in total. The number of aromatic nitrogens is 3. The summed E-state index contributed by atoms with van der Waals surface area (Å²) >= 11 is 1.57. The topological polar surface area (TPSA) is 76.8 Å². The van der Waals surface area contributed by atoms with Gasteiger partial charge in [0.15, 0.2) is 11.4 Å². The number of nitrogens with zero attached hydrogens (tertiary/aromatic N) is 4. The van der Waals surface area contributed by atoms with Crippen molar-refractivity contribution in [1.29, 1.82) is 0 Å². The highest BCUT2D eigenvalue weighted by molar-refractivity contribution is 7.98. The predicted molar refractivity (Wildman–Crippen MR) is 124 cm³/mol. The first-order chi connectivity index (χ1) is 15.2. The van der Waals surface area contributed by atoms with Crippen LogP contribution in [0.1, 0.15) is 48.8 Å². The number of hydrogen-bond donors (Lipinski definition) is 0. The van der Waals surface area contributed by atoms with E-state index < -0.39 is 5.60 Å². The van der Waals surface area contributed by atoms with Crippen LogP contribution in [0.25, 0.3) is 5.65 Å². The van der Waals surface area contributed by atoms with E-state index in [2.05, 4.69) is 5.10 Å². The minimum atomic E-state index is -0.501. The second kappa shape index (κ2) is 8.94. The van der Waals surface area contributed by atoms with Crippen molar-refractivity contribution in [1.82, 2.24) is 19.5 Å². The molecule has 0 aliphatic carbocycles. The summed E-state index contributed by atoms with van der Waals surface area (Å²) < 4.78 is 7.24. The zero-order valence-corrected chi connectivity index (χ0v) is 19.7. The number of amides is 1. The van der Waals surface area contributed by atoms with E-state index in [0.29, 0.717) is 35.8 Å². The molecule has 0 radical (unpaired) electrons. The maximum atomic E-state index is 13.1. The summed E-state index contributed by atoms with van der Waals surface area (Å²) in [6.07, 6.45) is 4.95. The first-order valence-electron chi connectivity index (χ1n) is 10.7. The first kappa shape index (κ1) is 22.3. The molecule has 2 aromatic heterocycles. The van der Waals surface area contributed by atoms with E-state index in [4.69, 9.17) is 9.72 Å². The number of benzene rings is 1. The van der Waals surface area contributed by atoms with Gasteiger partial charge in [-0.15, -0.1) is 11.8 Å². The number of thioether (sulfide) groups is 1. The summed E-state index contributed by atoms with van der Waals surface area (Å²) in [6, 6.07) is 11.2. The number of carbonyl (C=O) groups excluding carboxylic acids is 2. The van der Waals surface area contributed by atoms with Crippen LogP contribution in [-0.4, -0.2) is 56.3 Å². The third kappa shape index (κ3) is 4.80. The standard InChI is InChI=1S/C24H28N4O3S/c1-24(2,3)31-23(30)27-11-10-16(15-27)12-18-13-20(32-4)28-22(26-18)19(14-25-28)21(29)17-8-6-5-7-9-17/h5-9,13-14,16H,10-12,15H2,1-4H3/t16-/m1/s1. The molecular formula is C24H28N4O3S. The van der Waals surface area contributed by atoms with Crippen LogP contribution >= 0.6 is 11.8 Å². The summed E-state index contributed by atoms with van der Waals surface area (Å²) in [5.74, 6) is 0.206. The van der Waals surface area contributed by atoms with Gasteiger partial charge in [-0.25, -0.2) is 14.3 Å². The highest BCUT2D eigenvalue weighted by atomic mass is 32.2. The number of carbonyl (C=O) groups is 2. The second-order valence-electron chi connectivity index (χ2n) is 9.06. The van der Waals surface area contributed by atoms with E-state index in [1.807, 2.05) is 51.3 Å². The third-order valence-corrected chi connectivity index (χ3v) is 6.13. The van der Waals surface area contributed by atoms with Crippen LogP contribution in [0.3, 0.4) is 0 Å². The van der Waals surface area contributed by atoms with Crippen LogP contribution in [0.5, 0.6) is 0 Å². The fourth-order valence-electron chi connectivity index (χ4n) is 3.93. The Kier molecular flexibility index (Phi) is 6.24. The summed E-state index contributed by atoms with van der Waals surface area (Å²) in [7, 11) is 0.